The number of aliphatic imine (C=N–C) groups is 1. The van der Waals surface area contributed by atoms with Crippen LogP contribution in [-0.4, -0.2) is 49.2 Å². The van der Waals surface area contributed by atoms with Gasteiger partial charge < -0.3 is 30.1 Å². The highest BCUT2D eigenvalue weighted by Gasteiger charge is 2.37. The number of aromatic nitrogens is 2. The lowest BCUT2D eigenvalue weighted by atomic mass is 9.93. The van der Waals surface area contributed by atoms with Crippen molar-refractivity contribution in [1.29, 1.82) is 0 Å². The molecule has 13 heteroatoms. The molecule has 2 unspecified atom stereocenters. The van der Waals surface area contributed by atoms with Crippen LogP contribution in [0.15, 0.2) is 26.5 Å². The van der Waals surface area contributed by atoms with Crippen molar-refractivity contribution in [3.63, 3.8) is 0 Å². The van der Waals surface area contributed by atoms with Crippen molar-refractivity contribution < 1.29 is 23.4 Å². The Balaban J connectivity index is 1.96. The monoisotopic (exact) mass is 464 g/mol. The molecule has 12 nitrogen and oxygen atoms in total. The maximum atomic E-state index is 13.0. The third-order valence-electron chi connectivity index (χ3n) is 4.69. The first kappa shape index (κ1) is 23.4. The molecule has 0 spiro atoms. The van der Waals surface area contributed by atoms with E-state index in [0.29, 0.717) is 30.5 Å². The first-order valence-corrected chi connectivity index (χ1v) is 10.4. The van der Waals surface area contributed by atoms with E-state index in [9.17, 15) is 9.59 Å². The molecule has 0 aliphatic carbocycles. The number of ether oxygens (including phenoxy) is 3. The molecule has 172 valence electrons. The van der Waals surface area contributed by atoms with Gasteiger partial charge in [0, 0.05) is 25.3 Å². The molecular weight excluding hydrogens is 440 g/mol. The predicted octanol–water partition coefficient (Wildman–Crippen LogP) is 1.62. The van der Waals surface area contributed by atoms with Crippen molar-refractivity contribution in [1.82, 2.24) is 10.2 Å². The molecule has 1 aliphatic heterocycles. The topological polar surface area (TPSA) is 177 Å². The van der Waals surface area contributed by atoms with Gasteiger partial charge in [0.25, 0.3) is 5.91 Å². The maximum absolute atomic E-state index is 13.0. The fourth-order valence-corrected chi connectivity index (χ4v) is 3.99. The van der Waals surface area contributed by atoms with E-state index in [4.69, 9.17) is 30.1 Å². The van der Waals surface area contributed by atoms with E-state index in [1.807, 2.05) is 0 Å². The smallest absolute Gasteiger partial charge is 0.381 e. The first-order chi connectivity index (χ1) is 15.4. The van der Waals surface area contributed by atoms with E-state index in [2.05, 4.69) is 20.5 Å². The Bertz CT molecular complexity index is 1090. The van der Waals surface area contributed by atoms with Gasteiger partial charge in [0.1, 0.15) is 0 Å². The third kappa shape index (κ3) is 4.95. The van der Waals surface area contributed by atoms with Crippen molar-refractivity contribution in [3.8, 4) is 5.75 Å². The second kappa shape index (κ2) is 10.3. The molecule has 0 aromatic carbocycles. The number of amides is 1. The molecule has 3 rings (SSSR count). The number of nitrogens with two attached hydrogens (primary N) is 2. The minimum absolute atomic E-state index is 0.0198. The van der Waals surface area contributed by atoms with Gasteiger partial charge >= 0.3 is 5.63 Å². The summed E-state index contributed by atoms with van der Waals surface area (Å²) in [5.41, 5.74) is 11.5. The van der Waals surface area contributed by atoms with Gasteiger partial charge in [0.05, 0.1) is 31.1 Å². The van der Waals surface area contributed by atoms with Crippen LogP contribution in [0, 0.1) is 5.92 Å². The quantitative estimate of drug-likeness (QED) is 0.486. The fourth-order valence-electron chi connectivity index (χ4n) is 3.32. The second-order valence-corrected chi connectivity index (χ2v) is 7.79. The highest BCUT2D eigenvalue weighted by molar-refractivity contribution is 7.18. The van der Waals surface area contributed by atoms with E-state index in [1.165, 1.54) is 13.3 Å². The first-order valence-electron chi connectivity index (χ1n) is 9.59. The zero-order valence-corrected chi connectivity index (χ0v) is 18.6. The van der Waals surface area contributed by atoms with Crippen molar-refractivity contribution in [2.75, 3.05) is 38.5 Å². The van der Waals surface area contributed by atoms with Gasteiger partial charge in [0.15, 0.2) is 0 Å². The summed E-state index contributed by atoms with van der Waals surface area (Å²) in [5, 5.41) is 10.8. The number of nitrogen functional groups attached to an aromatic ring is 1. The molecule has 1 aliphatic rings. The van der Waals surface area contributed by atoms with Gasteiger partial charge in [-0.3, -0.25) is 10.1 Å². The van der Waals surface area contributed by atoms with Crippen LogP contribution in [0.25, 0.3) is 0 Å². The van der Waals surface area contributed by atoms with Gasteiger partial charge in [-0.05, 0) is 25.6 Å². The molecule has 1 amide bonds. The van der Waals surface area contributed by atoms with E-state index < -0.39 is 17.6 Å². The standard InChI is InChI=1S/C19H24N6O6S/c1-9(4-6-20)22-18-24-25-19(32-18)23-16(26)14-11(12(21)15(29-3)17(27)31-14)13-10(8-28-2)5-7-30-13/h4,6,10,13H,5,7-8,20-21H2,1-3H3,(H,23,25,26). The SMILES string of the molecule is COCC1CCOC1c1c(C(=O)Nc2nnc(N=C(C)C=CN)s2)oc(=O)c(OC)c1N. The predicted molar refractivity (Wildman–Crippen MR) is 119 cm³/mol. The Morgan fingerprint density at radius 2 is 2.19 bits per heavy atom. The lowest BCUT2D eigenvalue weighted by molar-refractivity contribution is 0.0567. The number of hydrogen-bond donors (Lipinski definition) is 3. The Labute approximate surface area is 187 Å². The summed E-state index contributed by atoms with van der Waals surface area (Å²) in [7, 11) is 2.86. The van der Waals surface area contributed by atoms with Gasteiger partial charge in [-0.1, -0.05) is 11.3 Å². The molecule has 0 saturated carbocycles. The molecular formula is C19H24N6O6S. The lowest BCUT2D eigenvalue weighted by Gasteiger charge is -2.22. The molecule has 3 heterocycles. The van der Waals surface area contributed by atoms with Gasteiger partial charge in [0.2, 0.25) is 21.8 Å². The molecule has 2 aromatic heterocycles. The summed E-state index contributed by atoms with van der Waals surface area (Å²) in [5.74, 6) is -1.31. The number of rotatable bonds is 8. The molecule has 0 radical (unpaired) electrons. The largest absolute Gasteiger partial charge is 0.488 e. The Kier molecular flexibility index (Phi) is 7.56. The summed E-state index contributed by atoms with van der Waals surface area (Å²) in [6.07, 6.45) is 3.02. The average Bonchev–Trinajstić information content (AvgIpc) is 3.38. The number of carbonyl (C=O) groups is 1. The number of nitrogens with one attached hydrogen (secondary N) is 1. The highest BCUT2D eigenvalue weighted by Crippen LogP contribution is 2.41. The Morgan fingerprint density at radius 1 is 1.41 bits per heavy atom. The fraction of sp³-hybridized carbons (Fsp3) is 0.421. The minimum atomic E-state index is -0.882. The summed E-state index contributed by atoms with van der Waals surface area (Å²) in [6, 6.07) is 0. The summed E-state index contributed by atoms with van der Waals surface area (Å²) in [6.45, 7) is 2.55. The number of carbonyl (C=O) groups excluding carboxylic acids is 1. The molecule has 1 saturated heterocycles. The van der Waals surface area contributed by atoms with Crippen molar-refractivity contribution >= 4 is 38.9 Å². The molecule has 0 bridgehead atoms. The van der Waals surface area contributed by atoms with Gasteiger partial charge in [-0.2, -0.15) is 0 Å². The highest BCUT2D eigenvalue weighted by atomic mass is 32.1. The Morgan fingerprint density at radius 3 is 2.88 bits per heavy atom. The van der Waals surface area contributed by atoms with Crippen LogP contribution in [0.2, 0.25) is 0 Å². The van der Waals surface area contributed by atoms with E-state index in [0.717, 1.165) is 11.3 Å². The summed E-state index contributed by atoms with van der Waals surface area (Å²) < 4.78 is 21.5. The van der Waals surface area contributed by atoms with Crippen molar-refractivity contribution in [2.24, 2.45) is 16.6 Å². The van der Waals surface area contributed by atoms with E-state index in [1.54, 1.807) is 20.1 Å². The number of hydrogen-bond acceptors (Lipinski definition) is 12. The normalized spacial score (nSPS) is 18.9. The lowest BCUT2D eigenvalue weighted by Crippen LogP contribution is -2.24. The van der Waals surface area contributed by atoms with Crippen LogP contribution in [0.4, 0.5) is 16.0 Å². The number of anilines is 2. The van der Waals surface area contributed by atoms with Crippen molar-refractivity contribution in [3.05, 3.63) is 34.0 Å². The minimum Gasteiger partial charge on any atom is -0.488 e. The van der Waals surface area contributed by atoms with Crippen molar-refractivity contribution in [2.45, 2.75) is 19.4 Å². The number of nitrogens with zero attached hydrogens (tertiary/aromatic N) is 3. The van der Waals surface area contributed by atoms with Crippen LogP contribution >= 0.6 is 11.3 Å². The molecule has 5 N–H and O–H groups in total. The van der Waals surface area contributed by atoms with E-state index >= 15 is 0 Å². The summed E-state index contributed by atoms with van der Waals surface area (Å²) in [4.78, 5) is 29.6. The van der Waals surface area contributed by atoms with Gasteiger partial charge in [-0.15, -0.1) is 10.2 Å². The Hall–Kier alpha value is -3.29. The van der Waals surface area contributed by atoms with Crippen LogP contribution < -0.4 is 27.1 Å². The van der Waals surface area contributed by atoms with Crippen LogP contribution in [0.3, 0.4) is 0 Å². The van der Waals surface area contributed by atoms with E-state index in [-0.39, 0.29) is 33.8 Å². The van der Waals surface area contributed by atoms with Gasteiger partial charge in [-0.25, -0.2) is 9.79 Å². The van der Waals surface area contributed by atoms with Crippen LogP contribution in [-0.2, 0) is 9.47 Å². The summed E-state index contributed by atoms with van der Waals surface area (Å²) >= 11 is 1.03. The average molecular weight is 465 g/mol. The number of allylic oxidation sites excluding steroid dienone is 1. The second-order valence-electron chi connectivity index (χ2n) is 6.83. The molecule has 1 fully saturated rings. The molecule has 2 aromatic rings. The molecule has 32 heavy (non-hydrogen) atoms. The van der Waals surface area contributed by atoms with Crippen LogP contribution in [0.1, 0.15) is 35.6 Å². The third-order valence-corrected chi connectivity index (χ3v) is 5.43. The zero-order valence-electron chi connectivity index (χ0n) is 17.8. The zero-order chi connectivity index (χ0) is 23.3. The number of methoxy groups -OCH3 is 2. The maximum Gasteiger partial charge on any atom is 0.381 e. The molecule has 2 atom stereocenters. The van der Waals surface area contributed by atoms with Crippen LogP contribution in [0.5, 0.6) is 5.75 Å².